The zero-order valence-electron chi connectivity index (χ0n) is 19.2. The molecule has 1 atom stereocenters. The maximum Gasteiger partial charge on any atom is 0.0341 e. The molecule has 0 heterocycles. The van der Waals surface area contributed by atoms with E-state index < -0.39 is 0 Å². The van der Waals surface area contributed by atoms with Gasteiger partial charge in [0.25, 0.3) is 0 Å². The number of aryl methyl sites for hydroxylation is 2. The van der Waals surface area contributed by atoms with E-state index in [4.69, 9.17) is 0 Å². The molecule has 0 bridgehead atoms. The molecular formula is C31H33N. The highest BCUT2D eigenvalue weighted by molar-refractivity contribution is 5.70. The van der Waals surface area contributed by atoms with Crippen LogP contribution < -0.4 is 5.32 Å². The van der Waals surface area contributed by atoms with E-state index in [1.807, 2.05) is 0 Å². The fourth-order valence-electron chi connectivity index (χ4n) is 5.10. The number of hydrogen-bond donors (Lipinski definition) is 1. The Kier molecular flexibility index (Phi) is 5.74. The van der Waals surface area contributed by atoms with Crippen LogP contribution in [0.2, 0.25) is 0 Å². The summed E-state index contributed by atoms with van der Waals surface area (Å²) < 4.78 is 0. The van der Waals surface area contributed by atoms with Crippen molar-refractivity contribution in [2.75, 3.05) is 6.54 Å². The predicted octanol–water partition coefficient (Wildman–Crippen LogP) is 7.01. The van der Waals surface area contributed by atoms with Crippen LogP contribution in [0.4, 0.5) is 0 Å². The first-order valence-corrected chi connectivity index (χ1v) is 12.0. The molecule has 0 aromatic heterocycles. The Morgan fingerprint density at radius 3 is 2.25 bits per heavy atom. The van der Waals surface area contributed by atoms with E-state index in [2.05, 4.69) is 97.7 Å². The Hall–Kier alpha value is -3.06. The van der Waals surface area contributed by atoms with Crippen molar-refractivity contribution >= 4 is 11.8 Å². The Morgan fingerprint density at radius 2 is 1.56 bits per heavy atom. The first-order chi connectivity index (χ1) is 15.6. The topological polar surface area (TPSA) is 12.0 Å². The third-order valence-corrected chi connectivity index (χ3v) is 7.45. The highest BCUT2D eigenvalue weighted by atomic mass is 14.9. The van der Waals surface area contributed by atoms with E-state index in [9.17, 15) is 0 Å². The fraction of sp³-hybridized carbons (Fsp3) is 0.290. The number of allylic oxidation sites excluding steroid dienone is 1. The second-order valence-electron chi connectivity index (χ2n) is 9.78. The monoisotopic (exact) mass is 419 g/mol. The first kappa shape index (κ1) is 20.8. The molecule has 32 heavy (non-hydrogen) atoms. The van der Waals surface area contributed by atoms with Gasteiger partial charge in [0.15, 0.2) is 0 Å². The molecule has 1 unspecified atom stereocenters. The lowest BCUT2D eigenvalue weighted by molar-refractivity contribution is 0.268. The largest absolute Gasteiger partial charge is 0.385 e. The summed E-state index contributed by atoms with van der Waals surface area (Å²) in [7, 11) is 0. The summed E-state index contributed by atoms with van der Waals surface area (Å²) in [5.74, 6) is 0. The molecule has 162 valence electrons. The summed E-state index contributed by atoms with van der Waals surface area (Å²) in [4.78, 5) is 0. The molecule has 1 heteroatoms. The van der Waals surface area contributed by atoms with Crippen molar-refractivity contribution in [3.8, 4) is 0 Å². The molecule has 1 N–H and O–H groups in total. The normalized spacial score (nSPS) is 18.7. The lowest BCUT2D eigenvalue weighted by Crippen LogP contribution is -2.33. The van der Waals surface area contributed by atoms with Crippen molar-refractivity contribution in [2.45, 2.75) is 45.4 Å². The molecule has 1 nitrogen and oxygen atoms in total. The molecule has 1 saturated carbocycles. The van der Waals surface area contributed by atoms with Gasteiger partial charge in [-0.3, -0.25) is 0 Å². The van der Waals surface area contributed by atoms with Crippen LogP contribution >= 0.6 is 0 Å². The van der Waals surface area contributed by atoms with Gasteiger partial charge in [-0.1, -0.05) is 91.9 Å². The maximum absolute atomic E-state index is 4.30. The van der Waals surface area contributed by atoms with Crippen LogP contribution in [0.25, 0.3) is 11.8 Å². The highest BCUT2D eigenvalue weighted by Crippen LogP contribution is 2.52. The van der Waals surface area contributed by atoms with Crippen molar-refractivity contribution < 1.29 is 0 Å². The van der Waals surface area contributed by atoms with Crippen LogP contribution in [0.5, 0.6) is 0 Å². The van der Waals surface area contributed by atoms with Crippen LogP contribution in [0, 0.1) is 5.41 Å². The molecule has 0 saturated heterocycles. The van der Waals surface area contributed by atoms with E-state index in [1.54, 1.807) is 5.57 Å². The van der Waals surface area contributed by atoms with E-state index in [1.165, 1.54) is 52.6 Å². The summed E-state index contributed by atoms with van der Waals surface area (Å²) in [6, 6.07) is 26.7. The van der Waals surface area contributed by atoms with Crippen LogP contribution in [0.15, 0.2) is 84.9 Å². The Bertz CT molecular complexity index is 1140. The number of fused-ring (bicyclic) bond motifs is 2. The Balaban J connectivity index is 1.12. The second kappa shape index (κ2) is 8.82. The molecule has 5 rings (SSSR count). The van der Waals surface area contributed by atoms with Gasteiger partial charge >= 0.3 is 0 Å². The Labute approximate surface area is 192 Å². The molecule has 0 amide bonds. The molecule has 2 aliphatic carbocycles. The van der Waals surface area contributed by atoms with Crippen LogP contribution in [-0.2, 0) is 25.7 Å². The summed E-state index contributed by atoms with van der Waals surface area (Å²) in [5.41, 5.74) is 11.3. The Morgan fingerprint density at radius 1 is 0.875 bits per heavy atom. The van der Waals surface area contributed by atoms with Gasteiger partial charge < -0.3 is 5.32 Å². The molecule has 0 radical (unpaired) electrons. The van der Waals surface area contributed by atoms with Gasteiger partial charge in [0.05, 0.1) is 0 Å². The van der Waals surface area contributed by atoms with Crippen molar-refractivity contribution in [3.63, 3.8) is 0 Å². The summed E-state index contributed by atoms with van der Waals surface area (Å²) >= 11 is 0. The number of hydrogen-bond acceptors (Lipinski definition) is 1. The average molecular weight is 420 g/mol. The number of nitrogens with one attached hydrogen (secondary N) is 1. The third-order valence-electron chi connectivity index (χ3n) is 7.45. The van der Waals surface area contributed by atoms with Crippen molar-refractivity contribution in [1.82, 2.24) is 5.32 Å². The minimum Gasteiger partial charge on any atom is -0.385 e. The third kappa shape index (κ3) is 4.43. The van der Waals surface area contributed by atoms with Crippen molar-refractivity contribution in [1.29, 1.82) is 0 Å². The first-order valence-electron chi connectivity index (χ1n) is 12.0. The highest BCUT2D eigenvalue weighted by Gasteiger charge is 2.39. The summed E-state index contributed by atoms with van der Waals surface area (Å²) in [6.45, 7) is 7.62. The lowest BCUT2D eigenvalue weighted by atomic mass is 9.59. The summed E-state index contributed by atoms with van der Waals surface area (Å²) in [6.07, 6.45) is 9.41. The van der Waals surface area contributed by atoms with Gasteiger partial charge in [-0.25, -0.2) is 0 Å². The standard InChI is InChI=1S/C31H33N/c1-23(27-14-15-28-22-31(2)18-16-30(31)21-29(28)20-27)32-19-17-26-12-10-25(11-13-26)9-8-24-6-4-3-5-7-24/h3-7,10-15,20-21,32H,1,8-9,16-19,22H2,2H3. The van der Waals surface area contributed by atoms with E-state index >= 15 is 0 Å². The molecular weight excluding hydrogens is 386 g/mol. The van der Waals surface area contributed by atoms with Crippen LogP contribution in [0.3, 0.4) is 0 Å². The quantitative estimate of drug-likeness (QED) is 0.414. The van der Waals surface area contributed by atoms with Crippen molar-refractivity contribution in [3.05, 3.63) is 118 Å². The second-order valence-corrected chi connectivity index (χ2v) is 9.78. The van der Waals surface area contributed by atoms with E-state index in [0.29, 0.717) is 5.41 Å². The van der Waals surface area contributed by atoms with Gasteiger partial charge in [-0.05, 0) is 83.4 Å². The van der Waals surface area contributed by atoms with E-state index in [-0.39, 0.29) is 0 Å². The minimum atomic E-state index is 0.431. The molecule has 0 spiro atoms. The molecule has 3 aromatic carbocycles. The van der Waals surface area contributed by atoms with Gasteiger partial charge in [-0.15, -0.1) is 0 Å². The zero-order valence-corrected chi connectivity index (χ0v) is 19.2. The van der Waals surface area contributed by atoms with Gasteiger partial charge in [0, 0.05) is 12.2 Å². The summed E-state index contributed by atoms with van der Waals surface area (Å²) in [5, 5.41) is 3.54. The van der Waals surface area contributed by atoms with Gasteiger partial charge in [0.1, 0.15) is 0 Å². The van der Waals surface area contributed by atoms with Crippen LogP contribution in [0.1, 0.15) is 53.1 Å². The number of rotatable bonds is 8. The molecule has 0 aliphatic heterocycles. The average Bonchev–Trinajstić information content (AvgIpc) is 2.82. The zero-order chi connectivity index (χ0) is 22.0. The number of benzene rings is 3. The SMILES string of the molecule is C=C(NCCc1ccc(CCc2ccccc2)cc1)c1ccc2c(c1)C=C1CCC1(C)C2. The van der Waals surface area contributed by atoms with Crippen molar-refractivity contribution in [2.24, 2.45) is 5.41 Å². The predicted molar refractivity (Wildman–Crippen MR) is 136 cm³/mol. The van der Waals surface area contributed by atoms with Gasteiger partial charge in [-0.2, -0.15) is 0 Å². The van der Waals surface area contributed by atoms with Crippen LogP contribution in [-0.4, -0.2) is 6.54 Å². The molecule has 1 fully saturated rings. The molecule has 2 aliphatic rings. The smallest absolute Gasteiger partial charge is 0.0341 e. The van der Waals surface area contributed by atoms with Gasteiger partial charge in [0.2, 0.25) is 0 Å². The minimum absolute atomic E-state index is 0.431. The molecule has 3 aromatic rings. The fourth-order valence-corrected chi connectivity index (χ4v) is 5.10. The van der Waals surface area contributed by atoms with E-state index in [0.717, 1.165) is 31.5 Å². The maximum atomic E-state index is 4.30. The lowest BCUT2D eigenvalue weighted by Gasteiger charge is -2.45.